The molecule has 0 atom stereocenters. The van der Waals surface area contributed by atoms with Crippen LogP contribution < -0.4 is 11.2 Å². The third-order valence-electron chi connectivity index (χ3n) is 4.91. The number of aromatic nitrogens is 7. The molecule has 9 nitrogen and oxygen atoms in total. The minimum Gasteiger partial charge on any atom is -0.328 e. The van der Waals surface area contributed by atoms with Gasteiger partial charge in [-0.25, -0.2) is 9.78 Å². The smallest absolute Gasteiger partial charge is 0.328 e. The normalized spacial score (nSPS) is 11.5. The molecule has 0 fully saturated rings. The highest BCUT2D eigenvalue weighted by molar-refractivity contribution is 7.99. The van der Waals surface area contributed by atoms with Crippen molar-refractivity contribution in [2.45, 2.75) is 25.0 Å². The second kappa shape index (κ2) is 8.11. The van der Waals surface area contributed by atoms with Crippen LogP contribution >= 0.6 is 23.4 Å². The van der Waals surface area contributed by atoms with E-state index in [2.05, 4.69) is 15.2 Å². The Hall–Kier alpha value is -2.85. The molecule has 4 rings (SSSR count). The number of hydrogen-bond donors (Lipinski definition) is 0. The van der Waals surface area contributed by atoms with Crippen LogP contribution in [0.15, 0.2) is 45.6 Å². The summed E-state index contributed by atoms with van der Waals surface area (Å²) in [6.07, 6.45) is 3.79. The fourth-order valence-electron chi connectivity index (χ4n) is 3.21. The SMILES string of the molecule is Cc1ccc(-n2cnnc2SCCCn2c(=O)c3c(ncn3C)n(C)c2=O)cc1Cl. The lowest BCUT2D eigenvalue weighted by Crippen LogP contribution is -2.39. The summed E-state index contributed by atoms with van der Waals surface area (Å²) < 4.78 is 6.16. The number of halogens is 1. The van der Waals surface area contributed by atoms with E-state index in [4.69, 9.17) is 11.6 Å². The molecule has 30 heavy (non-hydrogen) atoms. The van der Waals surface area contributed by atoms with E-state index >= 15 is 0 Å². The second-order valence-electron chi connectivity index (χ2n) is 6.95. The molecule has 0 aliphatic heterocycles. The van der Waals surface area contributed by atoms with Crippen LogP contribution in [0.25, 0.3) is 16.9 Å². The van der Waals surface area contributed by atoms with Crippen molar-refractivity contribution in [3.63, 3.8) is 0 Å². The van der Waals surface area contributed by atoms with Crippen molar-refractivity contribution < 1.29 is 0 Å². The van der Waals surface area contributed by atoms with Gasteiger partial charge in [0.1, 0.15) is 6.33 Å². The highest BCUT2D eigenvalue weighted by atomic mass is 35.5. The van der Waals surface area contributed by atoms with Gasteiger partial charge in [0.15, 0.2) is 16.3 Å². The number of imidazole rings is 1. The highest BCUT2D eigenvalue weighted by Crippen LogP contribution is 2.24. The summed E-state index contributed by atoms with van der Waals surface area (Å²) in [6.45, 7) is 2.26. The summed E-state index contributed by atoms with van der Waals surface area (Å²) in [6, 6.07) is 5.78. The van der Waals surface area contributed by atoms with E-state index in [1.165, 1.54) is 27.2 Å². The van der Waals surface area contributed by atoms with E-state index in [0.29, 0.717) is 34.9 Å². The largest absolute Gasteiger partial charge is 0.332 e. The first-order valence-electron chi connectivity index (χ1n) is 9.28. The maximum atomic E-state index is 12.7. The number of benzene rings is 1. The Bertz CT molecular complexity index is 1350. The molecular weight excluding hydrogens is 426 g/mol. The van der Waals surface area contributed by atoms with E-state index in [1.807, 2.05) is 29.7 Å². The van der Waals surface area contributed by atoms with Crippen LogP contribution in [0.5, 0.6) is 0 Å². The number of rotatable bonds is 6. The minimum atomic E-state index is -0.367. The van der Waals surface area contributed by atoms with Gasteiger partial charge in [0.05, 0.1) is 12.0 Å². The van der Waals surface area contributed by atoms with E-state index in [9.17, 15) is 9.59 Å². The summed E-state index contributed by atoms with van der Waals surface area (Å²) in [5.41, 5.74) is 2.00. The van der Waals surface area contributed by atoms with Crippen molar-refractivity contribution in [1.82, 2.24) is 33.4 Å². The maximum absolute atomic E-state index is 12.7. The lowest BCUT2D eigenvalue weighted by molar-refractivity contribution is 0.594. The zero-order valence-corrected chi connectivity index (χ0v) is 18.3. The molecule has 0 unspecified atom stereocenters. The molecule has 0 amide bonds. The van der Waals surface area contributed by atoms with Gasteiger partial charge in [-0.3, -0.25) is 18.5 Å². The molecule has 3 aromatic heterocycles. The molecule has 0 bridgehead atoms. The third kappa shape index (κ3) is 3.56. The van der Waals surface area contributed by atoms with Gasteiger partial charge in [0.25, 0.3) is 5.56 Å². The predicted octanol–water partition coefficient (Wildman–Crippen LogP) is 2.16. The molecule has 0 saturated heterocycles. The van der Waals surface area contributed by atoms with Gasteiger partial charge in [0.2, 0.25) is 0 Å². The van der Waals surface area contributed by atoms with Crippen molar-refractivity contribution in [3.8, 4) is 5.69 Å². The van der Waals surface area contributed by atoms with Crippen LogP contribution in [0.4, 0.5) is 0 Å². The molecule has 4 aromatic rings. The van der Waals surface area contributed by atoms with Gasteiger partial charge in [-0.2, -0.15) is 0 Å². The van der Waals surface area contributed by atoms with Crippen molar-refractivity contribution >= 4 is 34.5 Å². The second-order valence-corrected chi connectivity index (χ2v) is 8.41. The molecule has 0 aliphatic carbocycles. The highest BCUT2D eigenvalue weighted by Gasteiger charge is 2.15. The lowest BCUT2D eigenvalue weighted by atomic mass is 10.2. The van der Waals surface area contributed by atoms with Crippen molar-refractivity contribution in [2.24, 2.45) is 14.1 Å². The first-order valence-corrected chi connectivity index (χ1v) is 10.6. The standard InChI is InChI=1S/C19H20ClN7O2S/c1-12-5-6-13(9-14(12)20)27-11-22-23-18(27)30-8-4-7-26-17(28)15-16(21-10-24(15)2)25(3)19(26)29/h5-6,9-11H,4,7-8H2,1-3H3. The number of aryl methyl sites for hydroxylation is 3. The molecule has 0 N–H and O–H groups in total. The Balaban J connectivity index is 1.49. The average Bonchev–Trinajstić information content (AvgIpc) is 3.34. The molecule has 0 radical (unpaired) electrons. The minimum absolute atomic E-state index is 0.310. The first kappa shape index (κ1) is 20.4. The van der Waals surface area contributed by atoms with E-state index in [0.717, 1.165) is 16.4 Å². The fourth-order valence-corrected chi connectivity index (χ4v) is 4.24. The molecule has 11 heteroatoms. The summed E-state index contributed by atoms with van der Waals surface area (Å²) in [5.74, 6) is 0.664. The number of hydrogen-bond acceptors (Lipinski definition) is 6. The Morgan fingerprint density at radius 3 is 2.73 bits per heavy atom. The van der Waals surface area contributed by atoms with Gasteiger partial charge in [-0.05, 0) is 31.0 Å². The van der Waals surface area contributed by atoms with Crippen LogP contribution in [0, 0.1) is 6.92 Å². The third-order valence-corrected chi connectivity index (χ3v) is 6.34. The Morgan fingerprint density at radius 2 is 1.97 bits per heavy atom. The van der Waals surface area contributed by atoms with Gasteiger partial charge >= 0.3 is 5.69 Å². The molecule has 0 saturated carbocycles. The summed E-state index contributed by atoms with van der Waals surface area (Å²) >= 11 is 7.74. The topological polar surface area (TPSA) is 92.5 Å². The summed E-state index contributed by atoms with van der Waals surface area (Å²) in [7, 11) is 3.36. The quantitative estimate of drug-likeness (QED) is 0.333. The molecule has 3 heterocycles. The van der Waals surface area contributed by atoms with Crippen LogP contribution in [0.3, 0.4) is 0 Å². The monoisotopic (exact) mass is 445 g/mol. The molecular formula is C19H20ClN7O2S. The summed E-state index contributed by atoms with van der Waals surface area (Å²) in [5, 5.41) is 9.57. The molecule has 0 aliphatic rings. The Labute approximate surface area is 180 Å². The number of fused-ring (bicyclic) bond motifs is 1. The van der Waals surface area contributed by atoms with Gasteiger partial charge in [-0.1, -0.05) is 29.4 Å². The molecule has 0 spiro atoms. The maximum Gasteiger partial charge on any atom is 0.332 e. The fraction of sp³-hybridized carbons (Fsp3) is 0.316. The average molecular weight is 446 g/mol. The van der Waals surface area contributed by atoms with E-state index < -0.39 is 0 Å². The zero-order chi connectivity index (χ0) is 21.4. The van der Waals surface area contributed by atoms with Gasteiger partial charge in [0, 0.05) is 31.4 Å². The summed E-state index contributed by atoms with van der Waals surface area (Å²) in [4.78, 5) is 29.5. The number of nitrogens with zero attached hydrogens (tertiary/aromatic N) is 7. The molecule has 1 aromatic carbocycles. The Morgan fingerprint density at radius 1 is 1.17 bits per heavy atom. The van der Waals surface area contributed by atoms with E-state index in [1.54, 1.807) is 25.0 Å². The van der Waals surface area contributed by atoms with E-state index in [-0.39, 0.29) is 11.2 Å². The first-order chi connectivity index (χ1) is 14.4. The van der Waals surface area contributed by atoms with Crippen LogP contribution in [-0.4, -0.2) is 39.2 Å². The zero-order valence-electron chi connectivity index (χ0n) is 16.7. The van der Waals surface area contributed by atoms with Crippen molar-refractivity contribution in [1.29, 1.82) is 0 Å². The Kier molecular flexibility index (Phi) is 5.52. The van der Waals surface area contributed by atoms with Crippen molar-refractivity contribution in [2.75, 3.05) is 5.75 Å². The van der Waals surface area contributed by atoms with Crippen LogP contribution in [0.1, 0.15) is 12.0 Å². The van der Waals surface area contributed by atoms with Gasteiger partial charge in [-0.15, -0.1) is 10.2 Å². The van der Waals surface area contributed by atoms with Crippen molar-refractivity contribution in [3.05, 3.63) is 62.3 Å². The predicted molar refractivity (Wildman–Crippen MR) is 117 cm³/mol. The number of thioether (sulfide) groups is 1. The molecule has 156 valence electrons. The lowest BCUT2D eigenvalue weighted by Gasteiger charge is -2.09. The van der Waals surface area contributed by atoms with Gasteiger partial charge < -0.3 is 4.57 Å². The van der Waals surface area contributed by atoms with Crippen LogP contribution in [-0.2, 0) is 20.6 Å². The van der Waals surface area contributed by atoms with Crippen LogP contribution in [0.2, 0.25) is 5.02 Å².